The van der Waals surface area contributed by atoms with Gasteiger partial charge in [0, 0.05) is 24.7 Å². The Hall–Kier alpha value is -1.40. The van der Waals surface area contributed by atoms with E-state index in [1.165, 1.54) is 0 Å². The number of hydrogen-bond donors (Lipinski definition) is 1. The van der Waals surface area contributed by atoms with Crippen LogP contribution in [0, 0.1) is 0 Å². The zero-order valence-electron chi connectivity index (χ0n) is 12.8. The Morgan fingerprint density at radius 2 is 1.95 bits per heavy atom. The van der Waals surface area contributed by atoms with Crippen molar-refractivity contribution in [3.05, 3.63) is 23.8 Å². The lowest BCUT2D eigenvalue weighted by Gasteiger charge is -2.27. The summed E-state index contributed by atoms with van der Waals surface area (Å²) in [5, 5.41) is 2.79. The molecular weight excluding hydrogens is 300 g/mol. The van der Waals surface area contributed by atoms with Crippen molar-refractivity contribution < 1.29 is 13.2 Å². The van der Waals surface area contributed by atoms with Crippen LogP contribution in [0.15, 0.2) is 23.1 Å². The molecule has 1 aliphatic heterocycles. The highest BCUT2D eigenvalue weighted by Gasteiger charge is 2.32. The Bertz CT molecular complexity index is 679. The highest BCUT2D eigenvalue weighted by Crippen LogP contribution is 2.31. The number of amides is 1. The molecule has 0 unspecified atom stereocenters. The first kappa shape index (κ1) is 15.5. The molecule has 0 saturated heterocycles. The Labute approximate surface area is 131 Å². The third-order valence-electron chi connectivity index (χ3n) is 4.62. The van der Waals surface area contributed by atoms with Crippen molar-refractivity contribution in [3.8, 4) is 0 Å². The Morgan fingerprint density at radius 1 is 1.23 bits per heavy atom. The molecule has 22 heavy (non-hydrogen) atoms. The maximum absolute atomic E-state index is 12.9. The number of anilines is 1. The average molecular weight is 322 g/mol. The first-order valence-corrected chi connectivity index (χ1v) is 9.41. The fraction of sp³-hybridized carbons (Fsp3) is 0.562. The number of benzene rings is 1. The fourth-order valence-electron chi connectivity index (χ4n) is 3.47. The molecule has 5 nitrogen and oxygen atoms in total. The average Bonchev–Trinajstić information content (AvgIpc) is 3.01. The van der Waals surface area contributed by atoms with E-state index in [1.54, 1.807) is 22.5 Å². The van der Waals surface area contributed by atoms with Crippen LogP contribution in [0.5, 0.6) is 0 Å². The van der Waals surface area contributed by atoms with E-state index in [4.69, 9.17) is 0 Å². The molecule has 120 valence electrons. The zero-order valence-corrected chi connectivity index (χ0v) is 13.7. The third kappa shape index (κ3) is 2.77. The quantitative estimate of drug-likeness (QED) is 0.926. The molecular formula is C16H22N2O3S. The molecule has 0 radical (unpaired) electrons. The van der Waals surface area contributed by atoms with Crippen LogP contribution in [0.2, 0.25) is 0 Å². The summed E-state index contributed by atoms with van der Waals surface area (Å²) in [6.45, 7) is 2.40. The van der Waals surface area contributed by atoms with Crippen LogP contribution in [-0.4, -0.2) is 31.2 Å². The molecule has 1 fully saturated rings. The SMILES string of the molecule is CCN(C1CCCC1)S(=O)(=O)c1ccc2c(c1)CCC(=O)N2. The number of carbonyl (C=O) groups is 1. The van der Waals surface area contributed by atoms with Gasteiger partial charge in [-0.3, -0.25) is 4.79 Å². The first-order valence-electron chi connectivity index (χ1n) is 7.97. The third-order valence-corrected chi connectivity index (χ3v) is 6.65. The van der Waals surface area contributed by atoms with Crippen molar-refractivity contribution in [2.45, 2.75) is 56.4 Å². The minimum absolute atomic E-state index is 0.00996. The number of nitrogens with one attached hydrogen (secondary N) is 1. The summed E-state index contributed by atoms with van der Waals surface area (Å²) >= 11 is 0. The molecule has 1 heterocycles. The van der Waals surface area contributed by atoms with Gasteiger partial charge in [0.1, 0.15) is 0 Å². The summed E-state index contributed by atoms with van der Waals surface area (Å²) in [4.78, 5) is 11.7. The number of carbonyl (C=O) groups excluding carboxylic acids is 1. The predicted molar refractivity (Wildman–Crippen MR) is 85.2 cm³/mol. The molecule has 1 amide bonds. The van der Waals surface area contributed by atoms with Crippen LogP contribution >= 0.6 is 0 Å². The molecule has 1 aliphatic carbocycles. The van der Waals surface area contributed by atoms with Gasteiger partial charge in [0.05, 0.1) is 4.90 Å². The standard InChI is InChI=1S/C16H22N2O3S/c1-2-18(13-5-3-4-6-13)22(20,21)14-8-9-15-12(11-14)7-10-16(19)17-15/h8-9,11,13H,2-7,10H2,1H3,(H,17,19). The van der Waals surface area contributed by atoms with Crippen molar-refractivity contribution >= 4 is 21.6 Å². The summed E-state index contributed by atoms with van der Waals surface area (Å²) in [6.07, 6.45) is 5.12. The van der Waals surface area contributed by atoms with E-state index >= 15 is 0 Å². The summed E-state index contributed by atoms with van der Waals surface area (Å²) in [5.74, 6) is -0.00996. The van der Waals surface area contributed by atoms with Gasteiger partial charge >= 0.3 is 0 Å². The highest BCUT2D eigenvalue weighted by atomic mass is 32.2. The zero-order chi connectivity index (χ0) is 15.7. The van der Waals surface area contributed by atoms with Gasteiger partial charge in [-0.05, 0) is 43.0 Å². The van der Waals surface area contributed by atoms with Crippen molar-refractivity contribution in [3.63, 3.8) is 0 Å². The molecule has 1 aromatic carbocycles. The van der Waals surface area contributed by atoms with Crippen molar-refractivity contribution in [1.29, 1.82) is 0 Å². The number of rotatable bonds is 4. The summed E-state index contributed by atoms with van der Waals surface area (Å²) < 4.78 is 27.5. The van der Waals surface area contributed by atoms with Gasteiger partial charge in [-0.25, -0.2) is 8.42 Å². The van der Waals surface area contributed by atoms with E-state index in [0.29, 0.717) is 24.3 Å². The molecule has 0 bridgehead atoms. The molecule has 1 aromatic rings. The van der Waals surface area contributed by atoms with E-state index in [2.05, 4.69) is 5.32 Å². The van der Waals surface area contributed by atoms with Crippen molar-refractivity contribution in [2.24, 2.45) is 0 Å². The van der Waals surface area contributed by atoms with Crippen LogP contribution in [0.4, 0.5) is 5.69 Å². The smallest absolute Gasteiger partial charge is 0.243 e. The molecule has 0 atom stereocenters. The second kappa shape index (κ2) is 6.01. The number of sulfonamides is 1. The Kier molecular flexibility index (Phi) is 4.23. The van der Waals surface area contributed by atoms with E-state index in [-0.39, 0.29) is 11.9 Å². The van der Waals surface area contributed by atoms with E-state index in [9.17, 15) is 13.2 Å². The topological polar surface area (TPSA) is 66.5 Å². The summed E-state index contributed by atoms with van der Waals surface area (Å²) in [5.41, 5.74) is 1.64. The second-order valence-corrected chi connectivity index (χ2v) is 7.90. The minimum Gasteiger partial charge on any atom is -0.326 e. The molecule has 0 aromatic heterocycles. The van der Waals surface area contributed by atoms with Gasteiger partial charge in [0.25, 0.3) is 0 Å². The van der Waals surface area contributed by atoms with Gasteiger partial charge in [0.15, 0.2) is 0 Å². The van der Waals surface area contributed by atoms with Crippen LogP contribution in [0.1, 0.15) is 44.6 Å². The van der Waals surface area contributed by atoms with Crippen molar-refractivity contribution in [2.75, 3.05) is 11.9 Å². The summed E-state index contributed by atoms with van der Waals surface area (Å²) in [6, 6.07) is 5.17. The monoisotopic (exact) mass is 322 g/mol. The van der Waals surface area contributed by atoms with E-state index in [0.717, 1.165) is 36.9 Å². The highest BCUT2D eigenvalue weighted by molar-refractivity contribution is 7.89. The first-order chi connectivity index (χ1) is 10.5. The van der Waals surface area contributed by atoms with E-state index in [1.807, 2.05) is 6.92 Å². The molecule has 3 rings (SSSR count). The molecule has 1 saturated carbocycles. The number of nitrogens with zero attached hydrogens (tertiary/aromatic N) is 1. The van der Waals surface area contributed by atoms with Gasteiger partial charge in [-0.1, -0.05) is 19.8 Å². The van der Waals surface area contributed by atoms with Crippen LogP contribution in [0.25, 0.3) is 0 Å². The lowest BCUT2D eigenvalue weighted by Crippen LogP contribution is -2.38. The normalized spacial score (nSPS) is 19.3. The van der Waals surface area contributed by atoms with Crippen LogP contribution in [-0.2, 0) is 21.2 Å². The number of fused-ring (bicyclic) bond motifs is 1. The number of hydrogen-bond acceptors (Lipinski definition) is 3. The van der Waals surface area contributed by atoms with Crippen LogP contribution < -0.4 is 5.32 Å². The maximum Gasteiger partial charge on any atom is 0.243 e. The van der Waals surface area contributed by atoms with Gasteiger partial charge in [-0.15, -0.1) is 0 Å². The maximum atomic E-state index is 12.9. The Morgan fingerprint density at radius 3 is 2.64 bits per heavy atom. The predicted octanol–water partition coefficient (Wildman–Crippen LogP) is 2.52. The largest absolute Gasteiger partial charge is 0.326 e. The lowest BCUT2D eigenvalue weighted by atomic mass is 10.0. The van der Waals surface area contributed by atoms with Gasteiger partial charge in [-0.2, -0.15) is 4.31 Å². The lowest BCUT2D eigenvalue weighted by molar-refractivity contribution is -0.116. The van der Waals surface area contributed by atoms with Crippen molar-refractivity contribution in [1.82, 2.24) is 4.31 Å². The van der Waals surface area contributed by atoms with E-state index < -0.39 is 10.0 Å². The van der Waals surface area contributed by atoms with Gasteiger partial charge in [0.2, 0.25) is 15.9 Å². The molecule has 0 spiro atoms. The molecule has 6 heteroatoms. The molecule has 1 N–H and O–H groups in total. The Balaban J connectivity index is 1.93. The van der Waals surface area contributed by atoms with Crippen LogP contribution in [0.3, 0.4) is 0 Å². The minimum atomic E-state index is -3.46. The number of aryl methyl sites for hydroxylation is 1. The fourth-order valence-corrected chi connectivity index (χ4v) is 5.22. The van der Waals surface area contributed by atoms with Gasteiger partial charge < -0.3 is 5.32 Å². The summed E-state index contributed by atoms with van der Waals surface area (Å²) in [7, 11) is -3.46. The molecule has 2 aliphatic rings. The second-order valence-electron chi connectivity index (χ2n) is 6.01.